The molecule has 222 valence electrons. The van der Waals surface area contributed by atoms with Crippen LogP contribution in [0.2, 0.25) is 0 Å². The molecule has 1 saturated heterocycles. The van der Waals surface area contributed by atoms with E-state index in [1.165, 1.54) is 23.8 Å². The molecule has 1 aliphatic heterocycles. The second kappa shape index (κ2) is 13.4. The average Bonchev–Trinajstić information content (AvgIpc) is 3.05. The summed E-state index contributed by atoms with van der Waals surface area (Å²) in [5.74, 6) is -2.22. The van der Waals surface area contributed by atoms with E-state index in [1.807, 2.05) is 45.9 Å². The molecule has 0 bridgehead atoms. The molecule has 1 fully saturated rings. The van der Waals surface area contributed by atoms with E-state index in [1.54, 1.807) is 32.9 Å². The molecule has 0 saturated carbocycles. The minimum Gasteiger partial charge on any atom is -0.468 e. The summed E-state index contributed by atoms with van der Waals surface area (Å²) < 4.78 is 14.7. The summed E-state index contributed by atoms with van der Waals surface area (Å²) in [4.78, 5) is 64.6. The van der Waals surface area contributed by atoms with Crippen LogP contribution in [0.15, 0.2) is 30.3 Å². The molecule has 1 aliphatic rings. The molecule has 2 N–H and O–H groups in total. The quantitative estimate of drug-likeness (QED) is 0.316. The van der Waals surface area contributed by atoms with Gasteiger partial charge in [-0.1, -0.05) is 30.3 Å². The van der Waals surface area contributed by atoms with Crippen molar-refractivity contribution in [2.45, 2.75) is 95.2 Å². The highest BCUT2D eigenvalue weighted by atomic mass is 32.2. The molecule has 2 rings (SSSR count). The van der Waals surface area contributed by atoms with Gasteiger partial charge in [0.05, 0.1) is 12.0 Å². The number of hydrogen-bond acceptors (Lipinski definition) is 9. The number of methoxy groups -OCH3 is 1. The van der Waals surface area contributed by atoms with Crippen molar-refractivity contribution < 1.29 is 38.2 Å². The van der Waals surface area contributed by atoms with Crippen LogP contribution < -0.4 is 10.6 Å². The first-order valence-corrected chi connectivity index (χ1v) is 13.9. The lowest BCUT2D eigenvalue weighted by molar-refractivity contribution is -0.148. The van der Waals surface area contributed by atoms with Gasteiger partial charge in [0.1, 0.15) is 30.8 Å². The lowest BCUT2D eigenvalue weighted by Crippen LogP contribution is -2.57. The van der Waals surface area contributed by atoms with Crippen molar-refractivity contribution in [2.24, 2.45) is 0 Å². The first-order valence-electron chi connectivity index (χ1n) is 13.0. The molecule has 0 spiro atoms. The fraction of sp³-hybridized carbons (Fsp3) is 0.607. The zero-order chi connectivity index (χ0) is 30.3. The van der Waals surface area contributed by atoms with Gasteiger partial charge >= 0.3 is 18.0 Å². The van der Waals surface area contributed by atoms with E-state index in [2.05, 4.69) is 15.4 Å². The van der Waals surface area contributed by atoms with E-state index in [9.17, 15) is 24.0 Å². The topological polar surface area (TPSA) is 140 Å². The Bertz CT molecular complexity index is 1080. The number of rotatable bonds is 10. The number of thioether (sulfide) groups is 1. The molecule has 12 heteroatoms. The van der Waals surface area contributed by atoms with Gasteiger partial charge in [0.15, 0.2) is 0 Å². The van der Waals surface area contributed by atoms with Crippen molar-refractivity contribution in [2.75, 3.05) is 13.7 Å². The number of benzene rings is 1. The molecule has 2 atom stereocenters. The average molecular weight is 580 g/mol. The number of nitrogens with one attached hydrogen (secondary N) is 2. The lowest BCUT2D eigenvalue weighted by Gasteiger charge is -2.35. The van der Waals surface area contributed by atoms with Crippen LogP contribution in [0, 0.1) is 0 Å². The number of amides is 3. The van der Waals surface area contributed by atoms with Gasteiger partial charge in [0.2, 0.25) is 11.8 Å². The predicted octanol–water partition coefficient (Wildman–Crippen LogP) is 3.15. The summed E-state index contributed by atoms with van der Waals surface area (Å²) in [5, 5.41) is 5.07. The van der Waals surface area contributed by atoms with Crippen LogP contribution in [0.25, 0.3) is 0 Å². The molecular formula is C28H41N3O8S. The molecule has 1 unspecified atom stereocenters. The third kappa shape index (κ3) is 9.42. The van der Waals surface area contributed by atoms with Gasteiger partial charge in [0.25, 0.3) is 0 Å². The van der Waals surface area contributed by atoms with Crippen LogP contribution in [-0.2, 0) is 40.0 Å². The molecule has 3 amide bonds. The van der Waals surface area contributed by atoms with Crippen LogP contribution >= 0.6 is 11.8 Å². The Morgan fingerprint density at radius 1 is 1.05 bits per heavy atom. The second-order valence-electron chi connectivity index (χ2n) is 11.4. The Kier molecular flexibility index (Phi) is 11.0. The molecular weight excluding hydrogens is 538 g/mol. The maximum absolute atomic E-state index is 13.6. The van der Waals surface area contributed by atoms with E-state index >= 15 is 0 Å². The largest absolute Gasteiger partial charge is 0.468 e. The SMILES string of the molecule is COC(=O)CNC(=O)C1N(C(=O)CC[C@H](NC(=O)OC(C)(C)C)C(=O)OCc2ccccc2)C(C)(C)SC1(C)C. The van der Waals surface area contributed by atoms with Crippen molar-refractivity contribution >= 4 is 41.6 Å². The molecule has 1 aromatic carbocycles. The maximum atomic E-state index is 13.6. The van der Waals surface area contributed by atoms with Crippen LogP contribution in [0.5, 0.6) is 0 Å². The van der Waals surface area contributed by atoms with Gasteiger partial charge in [0, 0.05) is 11.2 Å². The fourth-order valence-electron chi connectivity index (χ4n) is 4.49. The minimum absolute atomic E-state index is 0.00740. The number of esters is 2. The Balaban J connectivity index is 2.20. The van der Waals surface area contributed by atoms with E-state index in [0.717, 1.165) is 5.56 Å². The number of carbonyl (C=O) groups is 5. The van der Waals surface area contributed by atoms with Crippen molar-refractivity contribution in [1.29, 1.82) is 0 Å². The van der Waals surface area contributed by atoms with Crippen LogP contribution in [0.4, 0.5) is 4.79 Å². The molecule has 0 aromatic heterocycles. The Labute approximate surface area is 240 Å². The lowest BCUT2D eigenvalue weighted by atomic mass is 9.98. The van der Waals surface area contributed by atoms with Crippen molar-refractivity contribution in [1.82, 2.24) is 15.5 Å². The van der Waals surface area contributed by atoms with Crippen LogP contribution in [0.1, 0.15) is 66.9 Å². The summed E-state index contributed by atoms with van der Waals surface area (Å²) >= 11 is 1.45. The summed E-state index contributed by atoms with van der Waals surface area (Å²) in [7, 11) is 1.22. The highest BCUT2D eigenvalue weighted by Gasteiger charge is 2.56. The monoisotopic (exact) mass is 579 g/mol. The zero-order valence-electron chi connectivity index (χ0n) is 24.5. The van der Waals surface area contributed by atoms with E-state index in [4.69, 9.17) is 9.47 Å². The van der Waals surface area contributed by atoms with Crippen LogP contribution in [-0.4, -0.2) is 75.7 Å². The van der Waals surface area contributed by atoms with Crippen molar-refractivity contribution in [3.8, 4) is 0 Å². The van der Waals surface area contributed by atoms with Gasteiger partial charge < -0.3 is 29.7 Å². The zero-order valence-corrected chi connectivity index (χ0v) is 25.3. The molecule has 40 heavy (non-hydrogen) atoms. The summed E-state index contributed by atoms with van der Waals surface area (Å²) in [6, 6.07) is 7.00. The Hall–Kier alpha value is -3.28. The molecule has 1 heterocycles. The summed E-state index contributed by atoms with van der Waals surface area (Å²) in [6.45, 7) is 12.1. The van der Waals surface area contributed by atoms with Crippen molar-refractivity contribution in [3.05, 3.63) is 35.9 Å². The second-order valence-corrected chi connectivity index (χ2v) is 13.7. The molecule has 0 aliphatic carbocycles. The third-order valence-electron chi connectivity index (χ3n) is 6.01. The highest BCUT2D eigenvalue weighted by molar-refractivity contribution is 8.02. The fourth-order valence-corrected chi connectivity index (χ4v) is 6.41. The van der Waals surface area contributed by atoms with Gasteiger partial charge in [-0.3, -0.25) is 14.4 Å². The van der Waals surface area contributed by atoms with E-state index < -0.39 is 57.1 Å². The van der Waals surface area contributed by atoms with Gasteiger partial charge in [-0.2, -0.15) is 0 Å². The number of ether oxygens (including phenoxy) is 3. The summed E-state index contributed by atoms with van der Waals surface area (Å²) in [5.41, 5.74) is -0.0345. The third-order valence-corrected chi connectivity index (χ3v) is 7.45. The number of carbonyl (C=O) groups excluding carboxylic acids is 5. The highest BCUT2D eigenvalue weighted by Crippen LogP contribution is 2.51. The van der Waals surface area contributed by atoms with Gasteiger partial charge in [-0.15, -0.1) is 11.8 Å². The molecule has 11 nitrogen and oxygen atoms in total. The molecule has 0 radical (unpaired) electrons. The standard InChI is InChI=1S/C28H41N3O8S/c1-26(2,3)39-25(36)30-19(24(35)38-17-18-12-10-9-11-13-18)14-15-20(32)31-22(23(34)29-16-21(33)37-8)27(4,5)40-28(31,6)7/h9-13,19,22H,14-17H2,1-8H3,(H,29,34)(H,30,36)/t19-,22?/m0/s1. The van der Waals surface area contributed by atoms with Gasteiger partial charge in [-0.25, -0.2) is 9.59 Å². The number of nitrogens with zero attached hydrogens (tertiary/aromatic N) is 1. The first-order chi connectivity index (χ1) is 18.5. The van der Waals surface area contributed by atoms with E-state index in [0.29, 0.717) is 0 Å². The Morgan fingerprint density at radius 2 is 1.68 bits per heavy atom. The molecule has 1 aromatic rings. The smallest absolute Gasteiger partial charge is 0.408 e. The van der Waals surface area contributed by atoms with Crippen molar-refractivity contribution in [3.63, 3.8) is 0 Å². The Morgan fingerprint density at radius 3 is 2.25 bits per heavy atom. The van der Waals surface area contributed by atoms with Crippen LogP contribution in [0.3, 0.4) is 0 Å². The summed E-state index contributed by atoms with van der Waals surface area (Å²) in [6.07, 6.45) is -1.07. The number of alkyl carbamates (subject to hydrolysis) is 1. The normalized spacial score (nSPS) is 18.3. The minimum atomic E-state index is -1.17. The van der Waals surface area contributed by atoms with E-state index in [-0.39, 0.29) is 26.0 Å². The first kappa shape index (κ1) is 32.9. The number of hydrogen-bond donors (Lipinski definition) is 2. The maximum Gasteiger partial charge on any atom is 0.408 e. The predicted molar refractivity (Wildman–Crippen MR) is 150 cm³/mol. The van der Waals surface area contributed by atoms with Gasteiger partial charge in [-0.05, 0) is 60.5 Å².